The lowest BCUT2D eigenvalue weighted by molar-refractivity contribution is -0.122. The number of fused-ring (bicyclic) bond motifs is 6. The molecule has 1 aromatic rings. The number of nitrogens with one attached hydrogen (secondary N) is 1. The zero-order chi connectivity index (χ0) is 26.2. The van der Waals surface area contributed by atoms with Crippen molar-refractivity contribution in [3.63, 3.8) is 0 Å². The number of phenols is 1. The van der Waals surface area contributed by atoms with Crippen molar-refractivity contribution in [2.45, 2.75) is 77.7 Å². The number of aromatic hydroxyl groups is 1. The van der Waals surface area contributed by atoms with E-state index in [9.17, 15) is 24.8 Å². The predicted molar refractivity (Wildman–Crippen MR) is 133 cm³/mol. The third-order valence-corrected chi connectivity index (χ3v) is 8.93. The molecule has 4 aliphatic rings. The number of amides is 1. The lowest BCUT2D eigenvalue weighted by atomic mass is 9.69. The smallest absolute Gasteiger partial charge is 0.216 e. The molecule has 5 rings (SSSR count). The largest absolute Gasteiger partial charge is 0.507 e. The Morgan fingerprint density at radius 2 is 1.81 bits per heavy atom. The summed E-state index contributed by atoms with van der Waals surface area (Å²) in [7, 11) is 1.98. The summed E-state index contributed by atoms with van der Waals surface area (Å²) in [6.45, 7) is 8.77. The Morgan fingerprint density at radius 3 is 2.44 bits per heavy atom. The van der Waals surface area contributed by atoms with Gasteiger partial charge < -0.3 is 10.4 Å². The van der Waals surface area contributed by atoms with Crippen molar-refractivity contribution in [2.24, 2.45) is 0 Å². The van der Waals surface area contributed by atoms with Crippen molar-refractivity contribution >= 4 is 17.5 Å². The van der Waals surface area contributed by atoms with Gasteiger partial charge in [0.25, 0.3) is 0 Å². The fourth-order valence-electron chi connectivity index (χ4n) is 6.82. The molecule has 2 unspecified atom stereocenters. The number of benzene rings is 1. The summed E-state index contributed by atoms with van der Waals surface area (Å²) in [4.78, 5) is 43.2. The second kappa shape index (κ2) is 8.39. The van der Waals surface area contributed by atoms with E-state index in [0.29, 0.717) is 35.1 Å². The number of carbonyl (C=O) groups is 3. The number of hydrogen-bond donors (Lipinski definition) is 2. The minimum atomic E-state index is -0.610. The Balaban J connectivity index is 1.74. The first-order valence-electron chi connectivity index (χ1n) is 12.4. The number of phenolic OH excluding ortho intramolecular Hbond substituents is 1. The second-order valence-electron chi connectivity index (χ2n) is 10.7. The first kappa shape index (κ1) is 24.4. The Morgan fingerprint density at radius 1 is 1.14 bits per heavy atom. The third-order valence-electron chi connectivity index (χ3n) is 8.93. The standard InChI is InChI=1S/C28H32N4O4/c1-12-7-17-8-19-21(10-29)32-20(25(31(19)6)23(17)27(35)13(12)2)9-18-24(22(32)11-30-16(5)33)28(36)15(4)14(3)26(18)34/h7,19-22,25,35H,8-9,11H2,1-6H3,(H,30,33)/t19-,20?,21-,22-,25?/m0/s1. The average molecular weight is 489 g/mol. The van der Waals surface area contributed by atoms with Crippen LogP contribution >= 0.6 is 0 Å². The first-order chi connectivity index (χ1) is 17.0. The van der Waals surface area contributed by atoms with Crippen molar-refractivity contribution in [2.75, 3.05) is 13.6 Å². The molecular formula is C28H32N4O4. The van der Waals surface area contributed by atoms with E-state index in [1.165, 1.54) is 6.92 Å². The summed E-state index contributed by atoms with van der Waals surface area (Å²) in [5.41, 5.74) is 5.42. The number of nitrogens with zero attached hydrogens (tertiary/aromatic N) is 3. The zero-order valence-corrected chi connectivity index (χ0v) is 21.6. The molecule has 1 aromatic carbocycles. The Labute approximate surface area is 211 Å². The molecule has 1 saturated heterocycles. The highest BCUT2D eigenvalue weighted by molar-refractivity contribution is 6.25. The quantitative estimate of drug-likeness (QED) is 0.614. The number of hydrogen-bond acceptors (Lipinski definition) is 7. The highest BCUT2D eigenvalue weighted by Crippen LogP contribution is 2.52. The van der Waals surface area contributed by atoms with Crippen molar-refractivity contribution in [1.82, 2.24) is 15.1 Å². The van der Waals surface area contributed by atoms with Gasteiger partial charge in [0.2, 0.25) is 5.91 Å². The van der Waals surface area contributed by atoms with E-state index in [1.54, 1.807) is 13.8 Å². The van der Waals surface area contributed by atoms with E-state index in [1.807, 2.05) is 20.9 Å². The molecule has 1 aliphatic carbocycles. The lowest BCUT2D eigenvalue weighted by Crippen LogP contribution is -2.71. The van der Waals surface area contributed by atoms with Crippen molar-refractivity contribution in [1.29, 1.82) is 5.26 Å². The summed E-state index contributed by atoms with van der Waals surface area (Å²) < 4.78 is 0. The molecule has 0 saturated carbocycles. The van der Waals surface area contributed by atoms with Gasteiger partial charge in [-0.3, -0.25) is 24.2 Å². The molecule has 8 heteroatoms. The first-order valence-corrected chi connectivity index (χ1v) is 12.4. The van der Waals surface area contributed by atoms with Gasteiger partial charge in [-0.2, -0.15) is 5.26 Å². The van der Waals surface area contributed by atoms with Crippen LogP contribution in [0.3, 0.4) is 0 Å². The average Bonchev–Trinajstić information content (AvgIpc) is 2.83. The fraction of sp³-hybridized carbons (Fsp3) is 0.500. The molecular weight excluding hydrogens is 456 g/mol. The van der Waals surface area contributed by atoms with Gasteiger partial charge in [-0.05, 0) is 64.3 Å². The number of piperazine rings is 1. The van der Waals surface area contributed by atoms with Crippen LogP contribution in [0.15, 0.2) is 28.4 Å². The van der Waals surface area contributed by atoms with Crippen LogP contribution in [-0.2, 0) is 20.8 Å². The van der Waals surface area contributed by atoms with E-state index < -0.39 is 12.1 Å². The molecule has 3 aliphatic heterocycles. The topological polar surface area (TPSA) is 114 Å². The van der Waals surface area contributed by atoms with Gasteiger partial charge in [-0.1, -0.05) is 6.07 Å². The molecule has 1 amide bonds. The van der Waals surface area contributed by atoms with Crippen molar-refractivity contribution in [3.8, 4) is 11.8 Å². The normalized spacial score (nSPS) is 30.0. The van der Waals surface area contributed by atoms with E-state index in [-0.39, 0.29) is 47.9 Å². The van der Waals surface area contributed by atoms with Gasteiger partial charge in [0.1, 0.15) is 11.8 Å². The van der Waals surface area contributed by atoms with E-state index in [0.717, 1.165) is 22.3 Å². The maximum Gasteiger partial charge on any atom is 0.216 e. The molecule has 0 spiro atoms. The lowest BCUT2D eigenvalue weighted by Gasteiger charge is -2.60. The fourth-order valence-corrected chi connectivity index (χ4v) is 6.82. The van der Waals surface area contributed by atoms with Crippen LogP contribution in [0.5, 0.6) is 5.75 Å². The summed E-state index contributed by atoms with van der Waals surface area (Å²) in [6, 6.07) is 2.67. The molecule has 2 N–H and O–H groups in total. The van der Waals surface area contributed by atoms with E-state index in [2.05, 4.69) is 27.3 Å². The van der Waals surface area contributed by atoms with Crippen LogP contribution in [0, 0.1) is 25.2 Å². The number of carbonyl (C=O) groups excluding carboxylic acids is 3. The molecule has 5 atom stereocenters. The zero-order valence-electron chi connectivity index (χ0n) is 21.6. The Kier molecular flexibility index (Phi) is 5.69. The van der Waals surface area contributed by atoms with Gasteiger partial charge in [-0.25, -0.2) is 0 Å². The molecule has 36 heavy (non-hydrogen) atoms. The SMILES string of the molecule is CC(=O)NC[C@H]1C2=C(CC3C4c5c(cc(C)c(C)c5O)C[C@@H]([C@H](C#N)N31)N4C)C(=O)C(C)=C(C)C2=O. The van der Waals surface area contributed by atoms with Crippen molar-refractivity contribution < 1.29 is 19.5 Å². The second-order valence-corrected chi connectivity index (χ2v) is 10.7. The molecule has 3 heterocycles. The molecule has 1 fully saturated rings. The highest BCUT2D eigenvalue weighted by Gasteiger charge is 2.57. The summed E-state index contributed by atoms with van der Waals surface area (Å²) in [6.07, 6.45) is 0.884. The summed E-state index contributed by atoms with van der Waals surface area (Å²) >= 11 is 0. The predicted octanol–water partition coefficient (Wildman–Crippen LogP) is 2.18. The van der Waals surface area contributed by atoms with Crippen LogP contribution in [-0.4, -0.2) is 70.1 Å². The summed E-state index contributed by atoms with van der Waals surface area (Å²) in [5.74, 6) is -0.319. The molecule has 188 valence electrons. The molecule has 8 nitrogen and oxygen atoms in total. The number of nitriles is 1. The molecule has 0 aromatic heterocycles. The maximum absolute atomic E-state index is 13.5. The van der Waals surface area contributed by atoms with E-state index in [4.69, 9.17) is 0 Å². The number of allylic oxidation sites excluding steroid dienone is 2. The van der Waals surface area contributed by atoms with Crippen LogP contribution in [0.2, 0.25) is 0 Å². The highest BCUT2D eigenvalue weighted by atomic mass is 16.3. The van der Waals surface area contributed by atoms with Crippen molar-refractivity contribution in [3.05, 3.63) is 50.6 Å². The van der Waals surface area contributed by atoms with Crippen LogP contribution in [0.4, 0.5) is 0 Å². The van der Waals surface area contributed by atoms with Gasteiger partial charge in [0, 0.05) is 53.4 Å². The number of aryl methyl sites for hydroxylation is 1. The number of rotatable bonds is 2. The van der Waals surface area contributed by atoms with Gasteiger partial charge in [0.15, 0.2) is 11.6 Å². The van der Waals surface area contributed by atoms with Gasteiger partial charge in [0.05, 0.1) is 18.2 Å². The minimum Gasteiger partial charge on any atom is -0.507 e. The number of ketones is 2. The van der Waals surface area contributed by atoms with Crippen LogP contribution in [0.25, 0.3) is 0 Å². The third kappa shape index (κ3) is 3.23. The number of Topliss-reactive ketones (excluding diaryl/α,β-unsaturated/α-hetero) is 2. The minimum absolute atomic E-state index is 0.128. The molecule has 0 radical (unpaired) electrons. The number of likely N-dealkylation sites (N-methyl/N-ethyl adjacent to an activating group) is 1. The van der Waals surface area contributed by atoms with Gasteiger partial charge in [-0.15, -0.1) is 0 Å². The van der Waals surface area contributed by atoms with Gasteiger partial charge >= 0.3 is 0 Å². The van der Waals surface area contributed by atoms with Crippen LogP contribution in [0.1, 0.15) is 55.5 Å². The molecule has 2 bridgehead atoms. The maximum atomic E-state index is 13.5. The van der Waals surface area contributed by atoms with Crippen LogP contribution < -0.4 is 5.32 Å². The Bertz CT molecular complexity index is 1330. The monoisotopic (exact) mass is 488 g/mol. The Hall–Kier alpha value is -3.28. The summed E-state index contributed by atoms with van der Waals surface area (Å²) in [5, 5.41) is 24.6. The van der Waals surface area contributed by atoms with E-state index >= 15 is 0 Å².